The van der Waals surface area contributed by atoms with Crippen molar-refractivity contribution in [3.63, 3.8) is 0 Å². The van der Waals surface area contributed by atoms with Crippen LogP contribution < -0.4 is 4.90 Å². The van der Waals surface area contributed by atoms with Crippen LogP contribution in [0.2, 0.25) is 0 Å². The summed E-state index contributed by atoms with van der Waals surface area (Å²) in [5.41, 5.74) is 5.18. The van der Waals surface area contributed by atoms with E-state index in [0.717, 1.165) is 61.9 Å². The maximum Gasteiger partial charge on any atom is 0.227 e. The Labute approximate surface area is 241 Å². The molecule has 0 bridgehead atoms. The smallest absolute Gasteiger partial charge is 0.227 e. The summed E-state index contributed by atoms with van der Waals surface area (Å²) in [5.74, 6) is 7.42. The van der Waals surface area contributed by atoms with Gasteiger partial charge in [0, 0.05) is 42.0 Å². The van der Waals surface area contributed by atoms with Crippen LogP contribution in [0.5, 0.6) is 0 Å². The van der Waals surface area contributed by atoms with E-state index in [1.54, 1.807) is 0 Å². The van der Waals surface area contributed by atoms with E-state index in [1.165, 1.54) is 28.9 Å². The Morgan fingerprint density at radius 1 is 0.976 bits per heavy atom. The predicted molar refractivity (Wildman–Crippen MR) is 157 cm³/mol. The van der Waals surface area contributed by atoms with Crippen molar-refractivity contribution < 1.29 is 19.1 Å². The first-order valence-corrected chi connectivity index (χ1v) is 15.1. The Bertz CT molecular complexity index is 1540. The molecule has 1 amide bonds. The lowest BCUT2D eigenvalue weighted by molar-refractivity contribution is -0.117. The minimum atomic E-state index is -1.14. The summed E-state index contributed by atoms with van der Waals surface area (Å²) < 4.78 is 14.0. The molecule has 1 aliphatic heterocycles. The molecule has 2 aromatic rings. The van der Waals surface area contributed by atoms with Gasteiger partial charge in [0.05, 0.1) is 0 Å². The van der Waals surface area contributed by atoms with Crippen LogP contribution in [0.4, 0.5) is 10.1 Å². The minimum absolute atomic E-state index is 0.0532. The van der Waals surface area contributed by atoms with Gasteiger partial charge in [-0.2, -0.15) is 0 Å². The molecule has 41 heavy (non-hydrogen) atoms. The molecule has 3 fully saturated rings. The molecule has 0 unspecified atom stereocenters. The number of anilines is 1. The van der Waals surface area contributed by atoms with Gasteiger partial charge < -0.3 is 10.0 Å². The third-order valence-electron chi connectivity index (χ3n) is 10.8. The van der Waals surface area contributed by atoms with Crippen LogP contribution in [0.15, 0.2) is 71.3 Å². The van der Waals surface area contributed by atoms with Crippen LogP contribution in [0.1, 0.15) is 81.8 Å². The largest absolute Gasteiger partial charge is 0.377 e. The van der Waals surface area contributed by atoms with Crippen molar-refractivity contribution in [2.75, 3.05) is 11.4 Å². The number of ketones is 1. The van der Waals surface area contributed by atoms with Crippen molar-refractivity contribution >= 4 is 17.4 Å². The summed E-state index contributed by atoms with van der Waals surface area (Å²) in [7, 11) is 0. The minimum Gasteiger partial charge on any atom is -0.377 e. The van der Waals surface area contributed by atoms with Crippen LogP contribution in [-0.4, -0.2) is 28.9 Å². The summed E-state index contributed by atoms with van der Waals surface area (Å²) in [4.78, 5) is 26.2. The maximum atomic E-state index is 14.0. The topological polar surface area (TPSA) is 57.6 Å². The van der Waals surface area contributed by atoms with E-state index in [-0.39, 0.29) is 23.4 Å². The number of carbonyl (C=O) groups excluding carboxylic acids is 2. The second-order valence-corrected chi connectivity index (χ2v) is 12.9. The number of rotatable bonds is 2. The van der Waals surface area contributed by atoms with Crippen LogP contribution >= 0.6 is 0 Å². The highest BCUT2D eigenvalue weighted by Gasteiger charge is 2.62. The van der Waals surface area contributed by atoms with Crippen molar-refractivity contribution in [2.45, 2.75) is 76.2 Å². The second kappa shape index (κ2) is 9.81. The fraction of sp³-hybridized carbons (Fsp3) is 0.444. The standard InChI is InChI=1S/C36H36FNO3/c1-35-22-31(24-6-9-26(37)10-7-24)34-29-15-13-28(39)21-25(29)8-14-30(34)32(35)17-19-36(35,41)18-16-23-4-11-27(12-5-23)38-20-2-3-33(38)40/h4-7,9-12,21,30-32,41H,2-3,8,13-15,17,19-20,22H2,1H3/t30-,31+,32-,35-,36-/m0/s1. The van der Waals surface area contributed by atoms with E-state index in [1.807, 2.05) is 47.4 Å². The van der Waals surface area contributed by atoms with Crippen molar-refractivity contribution in [2.24, 2.45) is 17.3 Å². The molecule has 2 aromatic carbocycles. The van der Waals surface area contributed by atoms with Crippen LogP contribution in [0.3, 0.4) is 0 Å². The average Bonchev–Trinajstić information content (AvgIpc) is 3.52. The quantitative estimate of drug-likeness (QED) is 0.428. The van der Waals surface area contributed by atoms with E-state index in [0.29, 0.717) is 31.1 Å². The number of amides is 1. The van der Waals surface area contributed by atoms with Crippen LogP contribution in [-0.2, 0) is 9.59 Å². The second-order valence-electron chi connectivity index (χ2n) is 12.9. The highest BCUT2D eigenvalue weighted by Crippen LogP contribution is 2.66. The zero-order valence-electron chi connectivity index (χ0n) is 23.6. The Morgan fingerprint density at radius 2 is 1.76 bits per heavy atom. The molecule has 210 valence electrons. The lowest BCUT2D eigenvalue weighted by Crippen LogP contribution is -2.51. The number of aliphatic hydroxyl groups is 1. The zero-order chi connectivity index (χ0) is 28.4. The van der Waals surface area contributed by atoms with Gasteiger partial charge in [0.25, 0.3) is 0 Å². The summed E-state index contributed by atoms with van der Waals surface area (Å²) in [6.45, 7) is 2.97. The highest BCUT2D eigenvalue weighted by molar-refractivity contribution is 5.95. The number of hydrogen-bond donors (Lipinski definition) is 1. The van der Waals surface area contributed by atoms with Crippen LogP contribution in [0, 0.1) is 34.9 Å². The van der Waals surface area contributed by atoms with Crippen molar-refractivity contribution in [3.8, 4) is 11.8 Å². The Balaban J connectivity index is 1.25. The molecule has 4 nitrogen and oxygen atoms in total. The fourth-order valence-electron chi connectivity index (χ4n) is 8.69. The lowest BCUT2D eigenvalue weighted by atomic mass is 9.51. The zero-order valence-corrected chi connectivity index (χ0v) is 23.6. The molecule has 4 aliphatic carbocycles. The number of allylic oxidation sites excluding steroid dienone is 4. The number of benzene rings is 2. The number of halogens is 1. The van der Waals surface area contributed by atoms with Gasteiger partial charge in [0.15, 0.2) is 5.78 Å². The summed E-state index contributed by atoms with van der Waals surface area (Å²) in [5, 5.41) is 12.3. The third-order valence-corrected chi connectivity index (χ3v) is 10.8. The monoisotopic (exact) mass is 549 g/mol. The van der Waals surface area contributed by atoms with Crippen LogP contribution in [0.25, 0.3) is 0 Å². The predicted octanol–water partition coefficient (Wildman–Crippen LogP) is 6.63. The van der Waals surface area contributed by atoms with Crippen molar-refractivity contribution in [1.82, 2.24) is 0 Å². The molecule has 5 aliphatic rings. The van der Waals surface area contributed by atoms with Gasteiger partial charge in [-0.15, -0.1) is 0 Å². The molecular weight excluding hydrogens is 513 g/mol. The number of carbonyl (C=O) groups is 2. The first-order valence-electron chi connectivity index (χ1n) is 15.1. The van der Waals surface area contributed by atoms with Crippen molar-refractivity contribution in [3.05, 3.63) is 88.3 Å². The van der Waals surface area contributed by atoms with Gasteiger partial charge in [-0.05, 0) is 116 Å². The highest BCUT2D eigenvalue weighted by atomic mass is 19.1. The average molecular weight is 550 g/mol. The number of hydrogen-bond acceptors (Lipinski definition) is 3. The SMILES string of the molecule is C[C@]12C[C@H](c3ccc(F)cc3)C3=C4CCC(=O)C=C4CC[C@H]3[C@@H]1CC[C@@]2(O)C#Cc1ccc(N2CCCC2=O)cc1. The van der Waals surface area contributed by atoms with Gasteiger partial charge in [0.2, 0.25) is 5.91 Å². The van der Waals surface area contributed by atoms with Crippen molar-refractivity contribution in [1.29, 1.82) is 0 Å². The maximum absolute atomic E-state index is 14.0. The van der Waals surface area contributed by atoms with E-state index >= 15 is 0 Å². The first kappa shape index (κ1) is 26.4. The van der Waals surface area contributed by atoms with Gasteiger partial charge in [-0.1, -0.05) is 36.5 Å². The number of fused-ring (bicyclic) bond motifs is 4. The molecule has 1 heterocycles. The molecule has 5 heteroatoms. The molecule has 0 aromatic heterocycles. The fourth-order valence-corrected chi connectivity index (χ4v) is 8.69. The Kier molecular flexibility index (Phi) is 6.32. The van der Waals surface area contributed by atoms with Gasteiger partial charge in [0.1, 0.15) is 11.4 Å². The molecular formula is C36H36FNO3. The molecule has 5 atom stereocenters. The molecule has 7 rings (SSSR count). The molecule has 0 radical (unpaired) electrons. The molecule has 1 saturated heterocycles. The van der Waals surface area contributed by atoms with E-state index in [9.17, 15) is 19.1 Å². The Morgan fingerprint density at radius 3 is 2.49 bits per heavy atom. The third kappa shape index (κ3) is 4.30. The van der Waals surface area contributed by atoms with E-state index in [4.69, 9.17) is 0 Å². The molecule has 1 N–H and O–H groups in total. The van der Waals surface area contributed by atoms with Gasteiger partial charge >= 0.3 is 0 Å². The Hall–Kier alpha value is -3.49. The molecule has 2 saturated carbocycles. The summed E-state index contributed by atoms with van der Waals surface area (Å²) in [6.07, 6.45) is 8.81. The summed E-state index contributed by atoms with van der Waals surface area (Å²) >= 11 is 0. The molecule has 0 spiro atoms. The van der Waals surface area contributed by atoms with Gasteiger partial charge in [-0.25, -0.2) is 4.39 Å². The summed E-state index contributed by atoms with van der Waals surface area (Å²) in [6, 6.07) is 14.6. The van der Waals surface area contributed by atoms with Gasteiger partial charge in [-0.3, -0.25) is 9.59 Å². The van der Waals surface area contributed by atoms with E-state index in [2.05, 4.69) is 18.8 Å². The van der Waals surface area contributed by atoms with E-state index < -0.39 is 11.0 Å². The number of nitrogens with zero attached hydrogens (tertiary/aromatic N) is 1. The normalized spacial score (nSPS) is 32.6. The first-order chi connectivity index (χ1) is 19.8. The lowest BCUT2D eigenvalue weighted by Gasteiger charge is -2.53.